The van der Waals surface area contributed by atoms with Crippen molar-refractivity contribution in [1.82, 2.24) is 15.5 Å². The molecule has 2 saturated heterocycles. The molecule has 2 N–H and O–H groups in total. The maximum absolute atomic E-state index is 12.7. The van der Waals surface area contributed by atoms with Crippen molar-refractivity contribution >= 4 is 23.4 Å². The maximum Gasteiger partial charge on any atom is 0.253 e. The minimum Gasteiger partial charge on any atom is -0.355 e. The highest BCUT2D eigenvalue weighted by Gasteiger charge is 2.31. The summed E-state index contributed by atoms with van der Waals surface area (Å²) in [6, 6.07) is 6.93. The molecule has 1 aromatic rings. The van der Waals surface area contributed by atoms with Gasteiger partial charge < -0.3 is 15.5 Å². The second kappa shape index (κ2) is 8.40. The Labute approximate surface area is 160 Å². The van der Waals surface area contributed by atoms with Gasteiger partial charge in [-0.25, -0.2) is 0 Å². The first-order valence-corrected chi connectivity index (χ1v) is 9.88. The van der Waals surface area contributed by atoms with Crippen LogP contribution in [0.1, 0.15) is 43.0 Å². The van der Waals surface area contributed by atoms with Crippen LogP contribution in [0.25, 0.3) is 0 Å². The molecular formula is C20H28ClN3O2. The summed E-state index contributed by atoms with van der Waals surface area (Å²) >= 11 is 5.90. The fourth-order valence-corrected chi connectivity index (χ4v) is 3.93. The molecule has 1 aromatic carbocycles. The van der Waals surface area contributed by atoms with Gasteiger partial charge in [-0.1, -0.05) is 18.5 Å². The average molecular weight is 378 g/mol. The van der Waals surface area contributed by atoms with E-state index in [-0.39, 0.29) is 23.1 Å². The predicted octanol–water partition coefficient (Wildman–Crippen LogP) is 2.70. The Morgan fingerprint density at radius 1 is 1.27 bits per heavy atom. The molecule has 0 spiro atoms. The number of carbonyl (C=O) groups excluding carboxylic acids is 2. The Hall–Kier alpha value is -1.59. The molecule has 2 fully saturated rings. The summed E-state index contributed by atoms with van der Waals surface area (Å²) in [5, 5.41) is 7.12. The molecule has 3 rings (SSSR count). The molecule has 2 amide bonds. The Morgan fingerprint density at radius 3 is 2.65 bits per heavy atom. The highest BCUT2D eigenvalue weighted by atomic mass is 35.5. The maximum atomic E-state index is 12.7. The van der Waals surface area contributed by atoms with Crippen LogP contribution in [0.2, 0.25) is 5.02 Å². The topological polar surface area (TPSA) is 61.4 Å². The van der Waals surface area contributed by atoms with Crippen molar-refractivity contribution < 1.29 is 9.59 Å². The van der Waals surface area contributed by atoms with Gasteiger partial charge in [-0.15, -0.1) is 0 Å². The van der Waals surface area contributed by atoms with E-state index in [0.29, 0.717) is 23.7 Å². The Balaban J connectivity index is 1.54. The van der Waals surface area contributed by atoms with Gasteiger partial charge in [0.2, 0.25) is 5.91 Å². The number of carbonyl (C=O) groups is 2. The second-order valence-electron chi connectivity index (χ2n) is 7.88. The lowest BCUT2D eigenvalue weighted by Crippen LogP contribution is -2.48. The Morgan fingerprint density at radius 2 is 1.96 bits per heavy atom. The van der Waals surface area contributed by atoms with E-state index in [4.69, 9.17) is 11.6 Å². The Bertz CT molecular complexity index is 641. The van der Waals surface area contributed by atoms with Crippen LogP contribution in [0.3, 0.4) is 0 Å². The van der Waals surface area contributed by atoms with Gasteiger partial charge >= 0.3 is 0 Å². The SMILES string of the molecule is CC1(CNC(=O)C2CCCN(C(=O)c3ccc(Cl)cc3)C2)CCNCC1. The largest absolute Gasteiger partial charge is 0.355 e. The lowest BCUT2D eigenvalue weighted by atomic mass is 9.81. The third-order valence-electron chi connectivity index (χ3n) is 5.67. The molecule has 6 heteroatoms. The summed E-state index contributed by atoms with van der Waals surface area (Å²) in [5.41, 5.74) is 0.798. The normalized spacial score (nSPS) is 22.7. The van der Waals surface area contributed by atoms with Crippen molar-refractivity contribution in [1.29, 1.82) is 0 Å². The van der Waals surface area contributed by atoms with Crippen molar-refractivity contribution in [3.63, 3.8) is 0 Å². The molecule has 142 valence electrons. The smallest absolute Gasteiger partial charge is 0.253 e. The summed E-state index contributed by atoms with van der Waals surface area (Å²) in [4.78, 5) is 27.1. The molecule has 2 aliphatic heterocycles. The van der Waals surface area contributed by atoms with Gasteiger partial charge in [0.1, 0.15) is 0 Å². The van der Waals surface area contributed by atoms with Crippen LogP contribution < -0.4 is 10.6 Å². The highest BCUT2D eigenvalue weighted by Crippen LogP contribution is 2.27. The first-order valence-electron chi connectivity index (χ1n) is 9.50. The molecule has 1 unspecified atom stereocenters. The van der Waals surface area contributed by atoms with E-state index in [1.807, 2.05) is 0 Å². The number of hydrogen-bond donors (Lipinski definition) is 2. The van der Waals surface area contributed by atoms with Gasteiger partial charge in [-0.05, 0) is 68.5 Å². The zero-order chi connectivity index (χ0) is 18.6. The summed E-state index contributed by atoms with van der Waals surface area (Å²) in [6.07, 6.45) is 3.87. The predicted molar refractivity (Wildman–Crippen MR) is 103 cm³/mol. The van der Waals surface area contributed by atoms with E-state index >= 15 is 0 Å². The standard InChI is InChI=1S/C20H28ClN3O2/c1-20(8-10-22-11-9-20)14-23-18(25)16-3-2-12-24(13-16)19(26)15-4-6-17(21)7-5-15/h4-7,16,22H,2-3,8-14H2,1H3,(H,23,25). The second-order valence-corrected chi connectivity index (χ2v) is 8.31. The van der Waals surface area contributed by atoms with E-state index in [1.165, 1.54) is 0 Å². The number of nitrogens with zero attached hydrogens (tertiary/aromatic N) is 1. The summed E-state index contributed by atoms with van der Waals surface area (Å²) in [5.74, 6) is -0.0619. The number of nitrogens with one attached hydrogen (secondary N) is 2. The quantitative estimate of drug-likeness (QED) is 0.848. The van der Waals surface area contributed by atoms with Crippen LogP contribution in [-0.4, -0.2) is 49.4 Å². The molecule has 26 heavy (non-hydrogen) atoms. The van der Waals surface area contributed by atoms with Crippen LogP contribution in [0.4, 0.5) is 0 Å². The number of benzene rings is 1. The molecule has 0 aromatic heterocycles. The summed E-state index contributed by atoms with van der Waals surface area (Å²) < 4.78 is 0. The van der Waals surface area contributed by atoms with Crippen molar-refractivity contribution in [2.75, 3.05) is 32.7 Å². The first kappa shape index (κ1) is 19.2. The van der Waals surface area contributed by atoms with Gasteiger partial charge in [-0.2, -0.15) is 0 Å². The van der Waals surface area contributed by atoms with Gasteiger partial charge in [0, 0.05) is 30.2 Å². The van der Waals surface area contributed by atoms with Crippen molar-refractivity contribution in [2.45, 2.75) is 32.6 Å². The van der Waals surface area contributed by atoms with Crippen LogP contribution in [-0.2, 0) is 4.79 Å². The molecule has 2 aliphatic rings. The minimum absolute atomic E-state index is 0.0236. The van der Waals surface area contributed by atoms with Crippen LogP contribution in [0.15, 0.2) is 24.3 Å². The van der Waals surface area contributed by atoms with E-state index in [2.05, 4.69) is 17.6 Å². The molecule has 0 saturated carbocycles. The van der Waals surface area contributed by atoms with Crippen molar-refractivity contribution in [2.24, 2.45) is 11.3 Å². The van der Waals surface area contributed by atoms with Crippen LogP contribution in [0, 0.1) is 11.3 Å². The van der Waals surface area contributed by atoms with Gasteiger partial charge in [0.15, 0.2) is 0 Å². The first-order chi connectivity index (χ1) is 12.5. The number of hydrogen-bond acceptors (Lipinski definition) is 3. The third-order valence-corrected chi connectivity index (χ3v) is 5.92. The number of amides is 2. The fraction of sp³-hybridized carbons (Fsp3) is 0.600. The third kappa shape index (κ3) is 4.77. The number of likely N-dealkylation sites (tertiary alicyclic amines) is 1. The zero-order valence-electron chi connectivity index (χ0n) is 15.4. The number of piperidine rings is 2. The monoisotopic (exact) mass is 377 g/mol. The van der Waals surface area contributed by atoms with E-state index in [0.717, 1.165) is 45.3 Å². The van der Waals surface area contributed by atoms with Crippen molar-refractivity contribution in [3.8, 4) is 0 Å². The van der Waals surface area contributed by atoms with E-state index in [1.54, 1.807) is 29.2 Å². The molecule has 0 bridgehead atoms. The van der Waals surface area contributed by atoms with E-state index < -0.39 is 0 Å². The lowest BCUT2D eigenvalue weighted by molar-refractivity contribution is -0.126. The van der Waals surface area contributed by atoms with Crippen LogP contribution in [0.5, 0.6) is 0 Å². The fourth-order valence-electron chi connectivity index (χ4n) is 3.80. The summed E-state index contributed by atoms with van der Waals surface area (Å²) in [7, 11) is 0. The number of rotatable bonds is 4. The van der Waals surface area contributed by atoms with Crippen LogP contribution >= 0.6 is 11.6 Å². The van der Waals surface area contributed by atoms with Gasteiger partial charge in [0.05, 0.1) is 5.92 Å². The van der Waals surface area contributed by atoms with Crippen molar-refractivity contribution in [3.05, 3.63) is 34.9 Å². The Kier molecular flexibility index (Phi) is 6.20. The van der Waals surface area contributed by atoms with Gasteiger partial charge in [0.25, 0.3) is 5.91 Å². The average Bonchev–Trinajstić information content (AvgIpc) is 2.67. The molecule has 0 radical (unpaired) electrons. The van der Waals surface area contributed by atoms with E-state index in [9.17, 15) is 9.59 Å². The highest BCUT2D eigenvalue weighted by molar-refractivity contribution is 6.30. The summed E-state index contributed by atoms with van der Waals surface area (Å²) in [6.45, 7) is 6.18. The van der Waals surface area contributed by atoms with Gasteiger partial charge in [-0.3, -0.25) is 9.59 Å². The molecular weight excluding hydrogens is 350 g/mol. The molecule has 2 heterocycles. The molecule has 5 nitrogen and oxygen atoms in total. The zero-order valence-corrected chi connectivity index (χ0v) is 16.1. The minimum atomic E-state index is -0.120. The molecule has 1 atom stereocenters. The number of halogens is 1. The lowest BCUT2D eigenvalue weighted by Gasteiger charge is -2.36. The molecule has 0 aliphatic carbocycles.